The van der Waals surface area contributed by atoms with E-state index in [2.05, 4.69) is 0 Å². The summed E-state index contributed by atoms with van der Waals surface area (Å²) in [7, 11) is 0. The summed E-state index contributed by atoms with van der Waals surface area (Å²) in [5.74, 6) is 0. The van der Waals surface area contributed by atoms with Crippen LogP contribution >= 0.6 is 23.7 Å². The van der Waals surface area contributed by atoms with E-state index in [-0.39, 0.29) is 18.8 Å². The molecule has 0 amide bonds. The molecule has 0 unspecified atom stereocenters. The van der Waals surface area contributed by atoms with Crippen LogP contribution in [0.2, 0.25) is 0 Å². The van der Waals surface area contributed by atoms with Crippen LogP contribution in [0.4, 0.5) is 8.78 Å². The highest BCUT2D eigenvalue weighted by Crippen LogP contribution is 2.21. The maximum Gasteiger partial charge on any atom is 0.240 e. The van der Waals surface area contributed by atoms with E-state index >= 15 is 0 Å². The van der Waals surface area contributed by atoms with E-state index in [9.17, 15) is 8.78 Å². The van der Waals surface area contributed by atoms with Gasteiger partial charge in [0.15, 0.2) is 0 Å². The van der Waals surface area contributed by atoms with E-state index in [0.717, 1.165) is 4.88 Å². The Morgan fingerprint density at radius 1 is 1.50 bits per heavy atom. The van der Waals surface area contributed by atoms with Crippen LogP contribution in [0, 0.1) is 0 Å². The summed E-state index contributed by atoms with van der Waals surface area (Å²) in [6.07, 6.45) is -2.56. The Morgan fingerprint density at radius 2 is 2.17 bits per heavy atom. The van der Waals surface area contributed by atoms with Gasteiger partial charge in [-0.25, -0.2) is 8.78 Å². The summed E-state index contributed by atoms with van der Waals surface area (Å²) in [5, 5.41) is 1.83. The molecule has 2 N–H and O–H groups in total. The lowest BCUT2D eigenvalue weighted by Gasteiger charge is -2.07. The van der Waals surface area contributed by atoms with Crippen LogP contribution in [0.1, 0.15) is 17.3 Å². The minimum Gasteiger partial charge on any atom is -0.323 e. The van der Waals surface area contributed by atoms with E-state index in [1.807, 2.05) is 11.4 Å². The third kappa shape index (κ3) is 3.47. The molecule has 0 fully saturated rings. The van der Waals surface area contributed by atoms with Gasteiger partial charge < -0.3 is 5.73 Å². The van der Waals surface area contributed by atoms with Gasteiger partial charge in [0.05, 0.1) is 0 Å². The van der Waals surface area contributed by atoms with Gasteiger partial charge in [0.25, 0.3) is 0 Å². The second-order valence-corrected chi connectivity index (χ2v) is 3.23. The van der Waals surface area contributed by atoms with Crippen LogP contribution < -0.4 is 5.73 Å². The lowest BCUT2D eigenvalue weighted by Crippen LogP contribution is -2.12. The summed E-state index contributed by atoms with van der Waals surface area (Å²) in [4.78, 5) is 0.824. The number of thiophene rings is 1. The second kappa shape index (κ2) is 5.45. The first-order valence-electron chi connectivity index (χ1n) is 3.27. The van der Waals surface area contributed by atoms with Crippen molar-refractivity contribution in [3.05, 3.63) is 22.4 Å². The number of hydrogen-bond donors (Lipinski definition) is 1. The lowest BCUT2D eigenvalue weighted by atomic mass is 10.2. The zero-order valence-corrected chi connectivity index (χ0v) is 7.88. The molecule has 0 saturated carbocycles. The van der Waals surface area contributed by atoms with Crippen molar-refractivity contribution in [3.8, 4) is 0 Å². The minimum absolute atomic E-state index is 0. The highest BCUT2D eigenvalue weighted by molar-refractivity contribution is 7.10. The van der Waals surface area contributed by atoms with Gasteiger partial charge in [-0.15, -0.1) is 23.7 Å². The Hall–Kier alpha value is -0.190. The van der Waals surface area contributed by atoms with Gasteiger partial charge >= 0.3 is 0 Å². The molecule has 0 radical (unpaired) electrons. The summed E-state index contributed by atoms with van der Waals surface area (Å²) >= 11 is 1.41. The van der Waals surface area contributed by atoms with Crippen molar-refractivity contribution in [2.75, 3.05) is 0 Å². The third-order valence-electron chi connectivity index (χ3n) is 1.34. The average Bonchev–Trinajstić information content (AvgIpc) is 2.35. The monoisotopic (exact) mass is 213 g/mol. The molecule has 1 aromatic heterocycles. The molecule has 0 spiro atoms. The van der Waals surface area contributed by atoms with Crippen LogP contribution in [0.25, 0.3) is 0 Å². The predicted octanol–water partition coefficient (Wildman–Crippen LogP) is 2.82. The lowest BCUT2D eigenvalue weighted by molar-refractivity contribution is 0.129. The topological polar surface area (TPSA) is 26.0 Å². The molecule has 12 heavy (non-hydrogen) atoms. The molecular weight excluding hydrogens is 204 g/mol. The van der Waals surface area contributed by atoms with Crippen molar-refractivity contribution in [2.45, 2.75) is 18.9 Å². The Kier molecular flexibility index (Phi) is 5.37. The molecule has 1 rings (SSSR count). The Labute approximate surface area is 80.0 Å². The largest absolute Gasteiger partial charge is 0.323 e. The summed E-state index contributed by atoms with van der Waals surface area (Å²) in [6.45, 7) is 0. The molecule has 1 heterocycles. The molecule has 0 saturated heterocycles. The van der Waals surface area contributed by atoms with E-state index in [4.69, 9.17) is 5.73 Å². The summed E-state index contributed by atoms with van der Waals surface area (Å²) < 4.78 is 23.6. The predicted molar refractivity (Wildman–Crippen MR) is 49.1 cm³/mol. The number of rotatable bonds is 3. The summed E-state index contributed by atoms with van der Waals surface area (Å²) in [6, 6.07) is 3.08. The third-order valence-corrected chi connectivity index (χ3v) is 2.34. The van der Waals surface area contributed by atoms with Gasteiger partial charge in [-0.1, -0.05) is 6.07 Å². The SMILES string of the molecule is Cl.N[C@@H](CC(F)F)c1cccs1. The van der Waals surface area contributed by atoms with Crippen LogP contribution in [0.15, 0.2) is 17.5 Å². The molecule has 0 aromatic carbocycles. The van der Waals surface area contributed by atoms with Gasteiger partial charge in [0.2, 0.25) is 6.43 Å². The van der Waals surface area contributed by atoms with Gasteiger partial charge in [0, 0.05) is 17.3 Å². The van der Waals surface area contributed by atoms with Crippen molar-refractivity contribution < 1.29 is 8.78 Å². The van der Waals surface area contributed by atoms with E-state index in [0.29, 0.717) is 0 Å². The quantitative estimate of drug-likeness (QED) is 0.821. The Bertz CT molecular complexity index is 203. The van der Waals surface area contributed by atoms with Crippen molar-refractivity contribution in [2.24, 2.45) is 5.73 Å². The molecular formula is C7H10ClF2NS. The van der Waals surface area contributed by atoms with Crippen molar-refractivity contribution >= 4 is 23.7 Å². The first-order valence-corrected chi connectivity index (χ1v) is 4.15. The van der Waals surface area contributed by atoms with Crippen molar-refractivity contribution in [3.63, 3.8) is 0 Å². The zero-order chi connectivity index (χ0) is 8.27. The van der Waals surface area contributed by atoms with Gasteiger partial charge in [-0.05, 0) is 11.4 Å². The van der Waals surface area contributed by atoms with Gasteiger partial charge in [-0.2, -0.15) is 0 Å². The van der Waals surface area contributed by atoms with E-state index in [1.165, 1.54) is 11.3 Å². The first kappa shape index (κ1) is 11.8. The van der Waals surface area contributed by atoms with Crippen LogP contribution in [-0.4, -0.2) is 6.43 Å². The maximum absolute atomic E-state index is 11.8. The summed E-state index contributed by atoms with van der Waals surface area (Å²) in [5.41, 5.74) is 5.47. The van der Waals surface area contributed by atoms with Crippen LogP contribution in [-0.2, 0) is 0 Å². The average molecular weight is 214 g/mol. The number of alkyl halides is 2. The highest BCUT2D eigenvalue weighted by Gasteiger charge is 2.12. The molecule has 1 nitrogen and oxygen atoms in total. The van der Waals surface area contributed by atoms with Gasteiger partial charge in [0.1, 0.15) is 0 Å². The molecule has 1 atom stereocenters. The zero-order valence-electron chi connectivity index (χ0n) is 6.24. The molecule has 0 aliphatic heterocycles. The van der Waals surface area contributed by atoms with Crippen LogP contribution in [0.3, 0.4) is 0 Å². The molecule has 5 heteroatoms. The van der Waals surface area contributed by atoms with E-state index < -0.39 is 12.5 Å². The van der Waals surface area contributed by atoms with Gasteiger partial charge in [-0.3, -0.25) is 0 Å². The second-order valence-electron chi connectivity index (χ2n) is 2.25. The number of halogens is 3. The fourth-order valence-electron chi connectivity index (χ4n) is 0.810. The number of nitrogens with two attached hydrogens (primary N) is 1. The molecule has 1 aromatic rings. The normalized spacial score (nSPS) is 12.7. The molecule has 0 bridgehead atoms. The standard InChI is InChI=1S/C7H9F2NS.ClH/c8-7(9)4-5(10)6-2-1-3-11-6;/h1-3,5,7H,4,10H2;1H/t5-;/m0./s1. The fourth-order valence-corrected chi connectivity index (χ4v) is 1.55. The molecule has 0 aliphatic carbocycles. The van der Waals surface area contributed by atoms with Crippen LogP contribution in [0.5, 0.6) is 0 Å². The van der Waals surface area contributed by atoms with E-state index in [1.54, 1.807) is 6.07 Å². The molecule has 0 aliphatic rings. The first-order chi connectivity index (χ1) is 5.20. The highest BCUT2D eigenvalue weighted by atomic mass is 35.5. The minimum atomic E-state index is -2.31. The smallest absolute Gasteiger partial charge is 0.240 e. The van der Waals surface area contributed by atoms with Crippen molar-refractivity contribution in [1.29, 1.82) is 0 Å². The molecule has 70 valence electrons. The Balaban J connectivity index is 0.00000121. The number of hydrogen-bond acceptors (Lipinski definition) is 2. The van der Waals surface area contributed by atoms with Crippen molar-refractivity contribution in [1.82, 2.24) is 0 Å². The maximum atomic E-state index is 11.8. The Morgan fingerprint density at radius 3 is 2.58 bits per heavy atom. The fraction of sp³-hybridized carbons (Fsp3) is 0.429.